The average molecular weight is 410 g/mol. The molecule has 4 nitrogen and oxygen atoms in total. The first-order valence-electron chi connectivity index (χ1n) is 7.67. The lowest BCUT2D eigenvalue weighted by Crippen LogP contribution is -2.14. The van der Waals surface area contributed by atoms with Crippen molar-refractivity contribution in [3.8, 4) is 11.8 Å². The highest BCUT2D eigenvalue weighted by molar-refractivity contribution is 6.37. The molecule has 0 aliphatic heterocycles. The number of hydrogen-bond acceptors (Lipinski definition) is 3. The zero-order valence-corrected chi connectivity index (χ0v) is 16.3. The fraction of sp³-hybridized carbons (Fsp3) is 0.158. The Labute approximate surface area is 166 Å². The molecular formula is C19H15Cl3N2O2. The predicted octanol–water partition coefficient (Wildman–Crippen LogP) is 5.90. The Kier molecular flexibility index (Phi) is 6.93. The van der Waals surface area contributed by atoms with Crippen LogP contribution in [0, 0.1) is 18.3 Å². The highest BCUT2D eigenvalue weighted by Gasteiger charge is 2.14. The van der Waals surface area contributed by atoms with Gasteiger partial charge in [-0.2, -0.15) is 5.26 Å². The van der Waals surface area contributed by atoms with E-state index in [2.05, 4.69) is 5.32 Å². The van der Waals surface area contributed by atoms with Crippen molar-refractivity contribution in [1.29, 1.82) is 5.26 Å². The van der Waals surface area contributed by atoms with Crippen LogP contribution in [0.25, 0.3) is 6.08 Å². The fourth-order valence-electron chi connectivity index (χ4n) is 2.19. The molecule has 0 spiro atoms. The van der Waals surface area contributed by atoms with Crippen LogP contribution < -0.4 is 10.1 Å². The molecule has 2 aromatic carbocycles. The van der Waals surface area contributed by atoms with Gasteiger partial charge in [-0.15, -0.1) is 0 Å². The van der Waals surface area contributed by atoms with Gasteiger partial charge in [-0.3, -0.25) is 4.79 Å². The van der Waals surface area contributed by atoms with Crippen LogP contribution >= 0.6 is 34.8 Å². The van der Waals surface area contributed by atoms with Gasteiger partial charge in [-0.1, -0.05) is 40.9 Å². The van der Waals surface area contributed by atoms with E-state index in [4.69, 9.17) is 39.5 Å². The van der Waals surface area contributed by atoms with Gasteiger partial charge in [-0.05, 0) is 55.3 Å². The zero-order valence-electron chi connectivity index (χ0n) is 14.1. The summed E-state index contributed by atoms with van der Waals surface area (Å²) in [5, 5.41) is 13.1. The number of nitrogens with one attached hydrogen (secondary N) is 1. The highest BCUT2D eigenvalue weighted by atomic mass is 35.5. The summed E-state index contributed by atoms with van der Waals surface area (Å²) in [7, 11) is 0. The first-order chi connectivity index (χ1) is 12.4. The lowest BCUT2D eigenvalue weighted by molar-refractivity contribution is -0.112. The molecule has 26 heavy (non-hydrogen) atoms. The van der Waals surface area contributed by atoms with Crippen molar-refractivity contribution in [3.05, 3.63) is 62.1 Å². The van der Waals surface area contributed by atoms with E-state index in [1.54, 1.807) is 37.3 Å². The van der Waals surface area contributed by atoms with Crippen LogP contribution in [0.5, 0.6) is 5.75 Å². The Balaban J connectivity index is 2.31. The van der Waals surface area contributed by atoms with Gasteiger partial charge in [0.05, 0.1) is 16.7 Å². The number of halogens is 3. The molecule has 0 radical (unpaired) electrons. The molecule has 2 aromatic rings. The number of amides is 1. The Morgan fingerprint density at radius 3 is 2.46 bits per heavy atom. The van der Waals surface area contributed by atoms with Gasteiger partial charge < -0.3 is 10.1 Å². The first kappa shape index (κ1) is 20.1. The van der Waals surface area contributed by atoms with Crippen molar-refractivity contribution >= 4 is 52.5 Å². The van der Waals surface area contributed by atoms with Gasteiger partial charge in [0.25, 0.3) is 5.91 Å². The molecule has 0 atom stereocenters. The van der Waals surface area contributed by atoms with Gasteiger partial charge in [-0.25, -0.2) is 0 Å². The van der Waals surface area contributed by atoms with Crippen LogP contribution in [0.1, 0.15) is 18.1 Å². The van der Waals surface area contributed by atoms with E-state index >= 15 is 0 Å². The number of benzene rings is 2. The van der Waals surface area contributed by atoms with Gasteiger partial charge in [0.2, 0.25) is 0 Å². The molecule has 0 aliphatic rings. The number of anilines is 1. The summed E-state index contributed by atoms with van der Waals surface area (Å²) >= 11 is 18.3. The van der Waals surface area contributed by atoms with Crippen LogP contribution in [0.2, 0.25) is 15.1 Å². The number of rotatable bonds is 5. The van der Waals surface area contributed by atoms with Crippen molar-refractivity contribution in [2.45, 2.75) is 13.8 Å². The summed E-state index contributed by atoms with van der Waals surface area (Å²) in [6.45, 7) is 4.01. The van der Waals surface area contributed by atoms with E-state index in [9.17, 15) is 10.1 Å². The summed E-state index contributed by atoms with van der Waals surface area (Å²) in [5.41, 5.74) is 1.66. The second-order valence-corrected chi connectivity index (χ2v) is 6.50. The molecule has 1 N–H and O–H groups in total. The quantitative estimate of drug-likeness (QED) is 0.494. The number of nitriles is 1. The molecule has 0 saturated carbocycles. The third-order valence-corrected chi connectivity index (χ3v) is 4.47. The summed E-state index contributed by atoms with van der Waals surface area (Å²) in [6, 6.07) is 10.2. The molecule has 0 heterocycles. The highest BCUT2D eigenvalue weighted by Crippen LogP contribution is 2.35. The van der Waals surface area contributed by atoms with E-state index in [0.29, 0.717) is 44.2 Å². The fourth-order valence-corrected chi connectivity index (χ4v) is 2.98. The second kappa shape index (κ2) is 8.95. The van der Waals surface area contributed by atoms with Crippen LogP contribution in [-0.2, 0) is 4.79 Å². The average Bonchev–Trinajstić information content (AvgIpc) is 2.60. The molecular weight excluding hydrogens is 395 g/mol. The molecule has 7 heteroatoms. The SMILES string of the molecule is CCOc1c(Cl)cc(/C=C(/C#N)C(=O)Nc2cccc(Cl)c2C)cc1Cl. The molecule has 0 unspecified atom stereocenters. The summed E-state index contributed by atoms with van der Waals surface area (Å²) in [6.07, 6.45) is 1.41. The first-order valence-corrected chi connectivity index (χ1v) is 8.80. The van der Waals surface area contributed by atoms with Crippen molar-refractivity contribution in [3.63, 3.8) is 0 Å². The van der Waals surface area contributed by atoms with E-state index in [-0.39, 0.29) is 5.57 Å². The second-order valence-electron chi connectivity index (χ2n) is 5.28. The lowest BCUT2D eigenvalue weighted by Gasteiger charge is -2.10. The minimum absolute atomic E-state index is 0.0966. The summed E-state index contributed by atoms with van der Waals surface area (Å²) < 4.78 is 5.36. The maximum atomic E-state index is 12.4. The minimum atomic E-state index is -0.556. The standard InChI is InChI=1S/C19H15Cl3N2O2/c1-3-26-18-15(21)8-12(9-16(18)22)7-13(10-23)19(25)24-17-6-4-5-14(20)11(17)2/h4-9H,3H2,1-2H3,(H,24,25)/b13-7-. The van der Waals surface area contributed by atoms with Crippen LogP contribution in [0.3, 0.4) is 0 Å². The van der Waals surface area contributed by atoms with Gasteiger partial charge in [0, 0.05) is 10.7 Å². The molecule has 2 rings (SSSR count). The largest absolute Gasteiger partial charge is 0.491 e. The molecule has 0 fully saturated rings. The number of ether oxygens (including phenoxy) is 1. The maximum absolute atomic E-state index is 12.4. The Morgan fingerprint density at radius 1 is 1.23 bits per heavy atom. The molecule has 0 aliphatic carbocycles. The van der Waals surface area contributed by atoms with Gasteiger partial charge in [0.1, 0.15) is 11.6 Å². The monoisotopic (exact) mass is 408 g/mol. The predicted molar refractivity (Wildman–Crippen MR) is 106 cm³/mol. The third-order valence-electron chi connectivity index (χ3n) is 3.50. The normalized spacial score (nSPS) is 11.0. The molecule has 0 aromatic heterocycles. The van der Waals surface area contributed by atoms with Crippen molar-refractivity contribution in [2.75, 3.05) is 11.9 Å². The molecule has 0 saturated heterocycles. The van der Waals surface area contributed by atoms with Gasteiger partial charge >= 0.3 is 0 Å². The molecule has 1 amide bonds. The van der Waals surface area contributed by atoms with Crippen molar-refractivity contribution < 1.29 is 9.53 Å². The Bertz CT molecular complexity index is 894. The Hall–Kier alpha value is -2.19. The molecule has 134 valence electrons. The van der Waals surface area contributed by atoms with Crippen LogP contribution in [0.4, 0.5) is 5.69 Å². The van der Waals surface area contributed by atoms with E-state index in [1.165, 1.54) is 6.08 Å². The van der Waals surface area contributed by atoms with E-state index < -0.39 is 5.91 Å². The zero-order chi connectivity index (χ0) is 19.3. The summed E-state index contributed by atoms with van der Waals surface area (Å²) in [5.74, 6) is -0.190. The smallest absolute Gasteiger partial charge is 0.266 e. The number of carbonyl (C=O) groups is 1. The lowest BCUT2D eigenvalue weighted by atomic mass is 10.1. The minimum Gasteiger partial charge on any atom is -0.491 e. The Morgan fingerprint density at radius 2 is 1.88 bits per heavy atom. The third kappa shape index (κ3) is 4.70. The van der Waals surface area contributed by atoms with E-state index in [1.807, 2.05) is 13.0 Å². The van der Waals surface area contributed by atoms with Crippen molar-refractivity contribution in [2.24, 2.45) is 0 Å². The van der Waals surface area contributed by atoms with Crippen LogP contribution in [-0.4, -0.2) is 12.5 Å². The number of carbonyl (C=O) groups excluding carboxylic acids is 1. The van der Waals surface area contributed by atoms with E-state index in [0.717, 1.165) is 0 Å². The van der Waals surface area contributed by atoms with Crippen molar-refractivity contribution in [1.82, 2.24) is 0 Å². The summed E-state index contributed by atoms with van der Waals surface area (Å²) in [4.78, 5) is 12.4. The maximum Gasteiger partial charge on any atom is 0.266 e. The molecule has 0 bridgehead atoms. The number of hydrogen-bond donors (Lipinski definition) is 1. The number of nitrogens with zero attached hydrogens (tertiary/aromatic N) is 1. The topological polar surface area (TPSA) is 62.1 Å². The van der Waals surface area contributed by atoms with Gasteiger partial charge in [0.15, 0.2) is 5.75 Å². The van der Waals surface area contributed by atoms with Crippen LogP contribution in [0.15, 0.2) is 35.9 Å².